The molecule has 0 bridgehead atoms. The van der Waals surface area contributed by atoms with E-state index in [0.29, 0.717) is 22.7 Å². The van der Waals surface area contributed by atoms with Gasteiger partial charge in [-0.3, -0.25) is 4.79 Å². The number of carbonyl (C=O) groups excluding carboxylic acids is 1. The Balaban J connectivity index is 0.00000200. The third kappa shape index (κ3) is 3.48. The van der Waals surface area contributed by atoms with Gasteiger partial charge in [0.2, 0.25) is 5.91 Å². The number of nitrogens with one attached hydrogen (secondary N) is 2. The second-order valence-corrected chi connectivity index (χ2v) is 6.65. The van der Waals surface area contributed by atoms with Crippen LogP contribution in [-0.4, -0.2) is 25.5 Å². The molecule has 4 heteroatoms. The van der Waals surface area contributed by atoms with Gasteiger partial charge in [0, 0.05) is 12.5 Å². The summed E-state index contributed by atoms with van der Waals surface area (Å²) in [6.07, 6.45) is 6.95. The second kappa shape index (κ2) is 7.13. The van der Waals surface area contributed by atoms with Crippen molar-refractivity contribution < 1.29 is 4.79 Å². The van der Waals surface area contributed by atoms with Crippen LogP contribution in [0.5, 0.6) is 0 Å². The van der Waals surface area contributed by atoms with Crippen molar-refractivity contribution in [2.75, 3.05) is 19.6 Å². The molecule has 118 valence electrons. The minimum atomic E-state index is 0. The fraction of sp³-hybridized carbons (Fsp3) is 0.938. The number of rotatable bonds is 6. The Morgan fingerprint density at radius 3 is 2.25 bits per heavy atom. The first-order valence-corrected chi connectivity index (χ1v) is 8.10. The van der Waals surface area contributed by atoms with Gasteiger partial charge >= 0.3 is 0 Å². The maximum Gasteiger partial charge on any atom is 0.223 e. The first-order chi connectivity index (χ1) is 9.11. The van der Waals surface area contributed by atoms with Crippen LogP contribution in [0.2, 0.25) is 0 Å². The maximum absolute atomic E-state index is 12.3. The van der Waals surface area contributed by atoms with Gasteiger partial charge < -0.3 is 10.6 Å². The minimum Gasteiger partial charge on any atom is -0.355 e. The van der Waals surface area contributed by atoms with Crippen molar-refractivity contribution in [1.82, 2.24) is 10.6 Å². The summed E-state index contributed by atoms with van der Waals surface area (Å²) in [5, 5.41) is 6.64. The summed E-state index contributed by atoms with van der Waals surface area (Å²) < 4.78 is 0. The average Bonchev–Trinajstić information content (AvgIpc) is 3.15. The van der Waals surface area contributed by atoms with Crippen molar-refractivity contribution in [3.8, 4) is 0 Å². The van der Waals surface area contributed by atoms with E-state index in [2.05, 4.69) is 31.4 Å². The Morgan fingerprint density at radius 1 is 1.20 bits per heavy atom. The normalized spacial score (nSPS) is 24.1. The highest BCUT2D eigenvalue weighted by Gasteiger charge is 2.57. The molecule has 1 spiro atoms. The predicted molar refractivity (Wildman–Crippen MR) is 86.2 cm³/mol. The van der Waals surface area contributed by atoms with Crippen LogP contribution in [0, 0.1) is 16.7 Å². The van der Waals surface area contributed by atoms with Crippen LogP contribution in [0.3, 0.4) is 0 Å². The summed E-state index contributed by atoms with van der Waals surface area (Å²) in [5.74, 6) is 0.625. The van der Waals surface area contributed by atoms with E-state index in [9.17, 15) is 4.79 Å². The molecule has 3 nitrogen and oxygen atoms in total. The third-order valence-electron chi connectivity index (χ3n) is 5.99. The van der Waals surface area contributed by atoms with Crippen LogP contribution in [-0.2, 0) is 4.79 Å². The Kier molecular flexibility index (Phi) is 6.33. The lowest BCUT2D eigenvalue weighted by atomic mass is 9.80. The van der Waals surface area contributed by atoms with Gasteiger partial charge in [0.05, 0.1) is 0 Å². The van der Waals surface area contributed by atoms with E-state index < -0.39 is 0 Å². The molecule has 1 unspecified atom stereocenters. The zero-order chi connectivity index (χ0) is 13.9. The second-order valence-electron chi connectivity index (χ2n) is 6.65. The molecular formula is C16H31ClN2O. The Hall–Kier alpha value is -0.280. The zero-order valence-electron chi connectivity index (χ0n) is 13.3. The third-order valence-corrected chi connectivity index (χ3v) is 5.99. The smallest absolute Gasteiger partial charge is 0.223 e. The van der Waals surface area contributed by atoms with E-state index in [1.807, 2.05) is 0 Å². The first-order valence-electron chi connectivity index (χ1n) is 8.10. The lowest BCUT2D eigenvalue weighted by Crippen LogP contribution is -2.39. The summed E-state index contributed by atoms with van der Waals surface area (Å²) in [6.45, 7) is 9.76. The van der Waals surface area contributed by atoms with Crippen LogP contribution in [0.25, 0.3) is 0 Å². The van der Waals surface area contributed by atoms with Crippen molar-refractivity contribution in [2.45, 2.75) is 59.3 Å². The fourth-order valence-corrected chi connectivity index (χ4v) is 3.72. The molecule has 1 saturated carbocycles. The highest BCUT2D eigenvalue weighted by Crippen LogP contribution is 2.58. The van der Waals surface area contributed by atoms with Gasteiger partial charge in [0.15, 0.2) is 0 Å². The molecule has 1 heterocycles. The quantitative estimate of drug-likeness (QED) is 0.791. The molecular weight excluding hydrogens is 272 g/mol. The van der Waals surface area contributed by atoms with Gasteiger partial charge in [-0.05, 0) is 62.4 Å². The molecule has 0 radical (unpaired) electrons. The fourth-order valence-electron chi connectivity index (χ4n) is 3.72. The summed E-state index contributed by atoms with van der Waals surface area (Å²) in [4.78, 5) is 12.3. The molecule has 1 amide bonds. The van der Waals surface area contributed by atoms with Gasteiger partial charge in [0.1, 0.15) is 0 Å². The molecule has 0 aromatic carbocycles. The minimum absolute atomic E-state index is 0. The zero-order valence-corrected chi connectivity index (χ0v) is 14.1. The molecule has 1 aliphatic heterocycles. The van der Waals surface area contributed by atoms with Crippen LogP contribution in [0.15, 0.2) is 0 Å². The molecule has 1 saturated heterocycles. The molecule has 20 heavy (non-hydrogen) atoms. The lowest BCUT2D eigenvalue weighted by Gasteiger charge is -2.31. The molecule has 1 atom stereocenters. The van der Waals surface area contributed by atoms with E-state index in [4.69, 9.17) is 0 Å². The Morgan fingerprint density at radius 2 is 1.75 bits per heavy atom. The number of piperidine rings is 1. The van der Waals surface area contributed by atoms with Gasteiger partial charge in [-0.2, -0.15) is 0 Å². The largest absolute Gasteiger partial charge is 0.355 e. The number of carbonyl (C=O) groups is 1. The molecule has 2 fully saturated rings. The molecule has 2 aliphatic rings. The molecule has 2 rings (SSSR count). The average molecular weight is 303 g/mol. The Labute approximate surface area is 130 Å². The number of amides is 1. The van der Waals surface area contributed by atoms with Crippen molar-refractivity contribution in [3.05, 3.63) is 0 Å². The standard InChI is InChI=1S/C16H30N2O.ClH/c1-4-15(5-2,6-3)12-18-14(19)13-11-16(13)7-9-17-10-8-16;/h13,17H,4-12H2,1-3H3,(H,18,19);1H. The van der Waals surface area contributed by atoms with Crippen LogP contribution in [0.1, 0.15) is 59.3 Å². The molecule has 0 aromatic rings. The van der Waals surface area contributed by atoms with E-state index in [0.717, 1.165) is 45.3 Å². The van der Waals surface area contributed by atoms with Gasteiger partial charge in [-0.15, -0.1) is 12.4 Å². The molecule has 0 aromatic heterocycles. The number of hydrogen-bond donors (Lipinski definition) is 2. The highest BCUT2D eigenvalue weighted by atomic mass is 35.5. The maximum atomic E-state index is 12.3. The van der Waals surface area contributed by atoms with Crippen LogP contribution in [0.4, 0.5) is 0 Å². The molecule has 2 N–H and O–H groups in total. The van der Waals surface area contributed by atoms with Gasteiger partial charge in [-0.25, -0.2) is 0 Å². The highest BCUT2D eigenvalue weighted by molar-refractivity contribution is 5.85. The Bertz CT molecular complexity index is 314. The monoisotopic (exact) mass is 302 g/mol. The van der Waals surface area contributed by atoms with Crippen molar-refractivity contribution >= 4 is 18.3 Å². The number of halogens is 1. The summed E-state index contributed by atoms with van der Waals surface area (Å²) in [5.41, 5.74) is 0.675. The predicted octanol–water partition coefficient (Wildman–Crippen LogP) is 3.13. The van der Waals surface area contributed by atoms with Gasteiger partial charge in [0.25, 0.3) is 0 Å². The SMILES string of the molecule is CCC(CC)(CC)CNC(=O)C1CC12CCNCC2.Cl. The molecule has 1 aliphatic carbocycles. The lowest BCUT2D eigenvalue weighted by molar-refractivity contribution is -0.123. The van der Waals surface area contributed by atoms with E-state index >= 15 is 0 Å². The van der Waals surface area contributed by atoms with Crippen molar-refractivity contribution in [2.24, 2.45) is 16.7 Å². The van der Waals surface area contributed by atoms with Crippen LogP contribution < -0.4 is 10.6 Å². The topological polar surface area (TPSA) is 41.1 Å². The summed E-state index contributed by atoms with van der Waals surface area (Å²) in [6, 6.07) is 0. The van der Waals surface area contributed by atoms with Crippen LogP contribution >= 0.6 is 12.4 Å². The van der Waals surface area contributed by atoms with Crippen molar-refractivity contribution in [1.29, 1.82) is 0 Å². The number of hydrogen-bond acceptors (Lipinski definition) is 2. The summed E-state index contributed by atoms with van der Waals surface area (Å²) in [7, 11) is 0. The van der Waals surface area contributed by atoms with E-state index in [-0.39, 0.29) is 12.4 Å². The van der Waals surface area contributed by atoms with E-state index in [1.54, 1.807) is 0 Å². The van der Waals surface area contributed by atoms with Crippen molar-refractivity contribution in [3.63, 3.8) is 0 Å². The first kappa shape index (κ1) is 17.8. The van der Waals surface area contributed by atoms with E-state index in [1.165, 1.54) is 12.8 Å². The summed E-state index contributed by atoms with van der Waals surface area (Å²) >= 11 is 0. The van der Waals surface area contributed by atoms with Gasteiger partial charge in [-0.1, -0.05) is 20.8 Å².